The molecule has 29 heavy (non-hydrogen) atoms. The Labute approximate surface area is 172 Å². The van der Waals surface area contributed by atoms with E-state index in [2.05, 4.69) is 54.6 Å². The van der Waals surface area contributed by atoms with Crippen molar-refractivity contribution in [2.24, 2.45) is 23.7 Å². The molecule has 0 aromatic heterocycles. The Balaban J connectivity index is 1.36. The Morgan fingerprint density at radius 1 is 0.655 bits per heavy atom. The van der Waals surface area contributed by atoms with Gasteiger partial charge in [-0.25, -0.2) is 0 Å². The lowest BCUT2D eigenvalue weighted by molar-refractivity contribution is 0.364. The molecule has 4 unspecified atom stereocenters. The third-order valence-corrected chi connectivity index (χ3v) is 8.19. The maximum Gasteiger partial charge on any atom is 0.127 e. The molecule has 0 radical (unpaired) electrons. The predicted octanol–water partition coefficient (Wildman–Crippen LogP) is 6.98. The Bertz CT molecular complexity index is 1120. The minimum absolute atomic E-state index is 0.167. The zero-order chi connectivity index (χ0) is 19.0. The standard InChI is InChI=1S/C28H24O/c1-2-6-20(7-3-1)29-21-12-13-23-22-8-4-5-9-26(22)28(27(23)15-21)16-24-18-10-11-19(14-18)25(24)17-28/h1-13,15,18-19,24-25H,14,16-17H2. The average Bonchev–Trinajstić information content (AvgIpc) is 3.51. The van der Waals surface area contributed by atoms with Gasteiger partial charge < -0.3 is 4.74 Å². The van der Waals surface area contributed by atoms with Crippen LogP contribution in [0.1, 0.15) is 30.4 Å². The molecule has 3 aromatic carbocycles. The molecule has 2 saturated carbocycles. The van der Waals surface area contributed by atoms with Crippen molar-refractivity contribution in [1.29, 1.82) is 0 Å². The van der Waals surface area contributed by atoms with Crippen molar-refractivity contribution in [2.45, 2.75) is 24.7 Å². The van der Waals surface area contributed by atoms with Gasteiger partial charge in [0.15, 0.2) is 0 Å². The van der Waals surface area contributed by atoms with Crippen molar-refractivity contribution < 1.29 is 4.74 Å². The molecule has 0 saturated heterocycles. The molecule has 0 heterocycles. The van der Waals surface area contributed by atoms with E-state index in [1.54, 1.807) is 5.56 Å². The van der Waals surface area contributed by atoms with Crippen LogP contribution in [-0.4, -0.2) is 0 Å². The van der Waals surface area contributed by atoms with Gasteiger partial charge in [-0.2, -0.15) is 0 Å². The monoisotopic (exact) mass is 376 g/mol. The molecular weight excluding hydrogens is 352 g/mol. The lowest BCUT2D eigenvalue weighted by Crippen LogP contribution is -2.23. The molecule has 1 spiro atoms. The van der Waals surface area contributed by atoms with Crippen LogP contribution in [0, 0.1) is 23.7 Å². The van der Waals surface area contributed by atoms with E-state index in [0.29, 0.717) is 0 Å². The average molecular weight is 376 g/mol. The van der Waals surface area contributed by atoms with Crippen LogP contribution in [0.3, 0.4) is 0 Å². The summed E-state index contributed by atoms with van der Waals surface area (Å²) in [7, 11) is 0. The number of hydrogen-bond acceptors (Lipinski definition) is 1. The highest BCUT2D eigenvalue weighted by Gasteiger charge is 2.58. The van der Waals surface area contributed by atoms with Crippen LogP contribution in [0.25, 0.3) is 11.1 Å². The highest BCUT2D eigenvalue weighted by atomic mass is 16.5. The van der Waals surface area contributed by atoms with Gasteiger partial charge in [0.1, 0.15) is 11.5 Å². The summed E-state index contributed by atoms with van der Waals surface area (Å²) in [6, 6.07) is 26.1. The molecule has 1 heteroatoms. The fourth-order valence-electron chi connectivity index (χ4n) is 7.08. The Hall–Kier alpha value is -2.80. The second kappa shape index (κ2) is 5.63. The molecule has 7 rings (SSSR count). The second-order valence-corrected chi connectivity index (χ2v) is 9.43. The number of rotatable bonds is 2. The second-order valence-electron chi connectivity index (χ2n) is 9.43. The summed E-state index contributed by atoms with van der Waals surface area (Å²) in [6.45, 7) is 0. The highest BCUT2D eigenvalue weighted by Crippen LogP contribution is 2.67. The first-order valence-electron chi connectivity index (χ1n) is 11.0. The molecule has 4 aliphatic rings. The fraction of sp³-hybridized carbons (Fsp3) is 0.286. The van der Waals surface area contributed by atoms with Gasteiger partial charge in [0.2, 0.25) is 0 Å². The van der Waals surface area contributed by atoms with E-state index in [4.69, 9.17) is 4.74 Å². The summed E-state index contributed by atoms with van der Waals surface area (Å²) < 4.78 is 6.24. The fourth-order valence-corrected chi connectivity index (χ4v) is 7.08. The Morgan fingerprint density at radius 3 is 2.14 bits per heavy atom. The first-order chi connectivity index (χ1) is 14.3. The Kier molecular flexibility index (Phi) is 3.12. The smallest absolute Gasteiger partial charge is 0.127 e. The quantitative estimate of drug-likeness (QED) is 0.439. The SMILES string of the molecule is C1=CC2CC1C1CC3(CC21)c1ccccc1-c1ccc(Oc2ccccc2)cc13. The van der Waals surface area contributed by atoms with Crippen LogP contribution in [-0.2, 0) is 5.41 Å². The summed E-state index contributed by atoms with van der Waals surface area (Å²) in [5.74, 6) is 5.18. The van der Waals surface area contributed by atoms with Crippen LogP contribution in [0.2, 0.25) is 0 Å². The minimum atomic E-state index is 0.167. The molecule has 4 atom stereocenters. The molecule has 2 bridgehead atoms. The number of allylic oxidation sites excluding steroid dienone is 2. The maximum atomic E-state index is 6.24. The minimum Gasteiger partial charge on any atom is -0.457 e. The number of hydrogen-bond donors (Lipinski definition) is 0. The van der Waals surface area contributed by atoms with E-state index in [1.807, 2.05) is 30.3 Å². The van der Waals surface area contributed by atoms with E-state index in [9.17, 15) is 0 Å². The van der Waals surface area contributed by atoms with Gasteiger partial charge >= 0.3 is 0 Å². The lowest BCUT2D eigenvalue weighted by atomic mass is 9.74. The van der Waals surface area contributed by atoms with Gasteiger partial charge in [-0.15, -0.1) is 0 Å². The van der Waals surface area contributed by atoms with Crippen LogP contribution in [0.5, 0.6) is 11.5 Å². The van der Waals surface area contributed by atoms with E-state index in [0.717, 1.165) is 35.2 Å². The third kappa shape index (κ3) is 2.11. The molecule has 3 aromatic rings. The van der Waals surface area contributed by atoms with Crippen molar-refractivity contribution in [3.8, 4) is 22.6 Å². The van der Waals surface area contributed by atoms with Crippen molar-refractivity contribution >= 4 is 0 Å². The van der Waals surface area contributed by atoms with E-state index < -0.39 is 0 Å². The van der Waals surface area contributed by atoms with Crippen LogP contribution in [0.4, 0.5) is 0 Å². The van der Waals surface area contributed by atoms with E-state index in [-0.39, 0.29) is 5.41 Å². The third-order valence-electron chi connectivity index (χ3n) is 8.19. The Morgan fingerprint density at radius 2 is 1.34 bits per heavy atom. The normalized spacial score (nSPS) is 32.4. The number of para-hydroxylation sites is 1. The molecule has 0 amide bonds. The molecular formula is C28H24O. The van der Waals surface area contributed by atoms with Crippen LogP contribution >= 0.6 is 0 Å². The maximum absolute atomic E-state index is 6.24. The molecule has 142 valence electrons. The van der Waals surface area contributed by atoms with Crippen LogP contribution in [0.15, 0.2) is 84.9 Å². The summed E-state index contributed by atoms with van der Waals surface area (Å²) in [6.07, 6.45) is 9.02. The molecule has 0 N–H and O–H groups in total. The van der Waals surface area contributed by atoms with Gasteiger partial charge in [-0.3, -0.25) is 0 Å². The van der Waals surface area contributed by atoms with Gasteiger partial charge in [-0.05, 0) is 89.5 Å². The topological polar surface area (TPSA) is 9.23 Å². The van der Waals surface area contributed by atoms with Gasteiger partial charge in [0.05, 0.1) is 0 Å². The largest absolute Gasteiger partial charge is 0.457 e. The summed E-state index contributed by atoms with van der Waals surface area (Å²) in [5.41, 5.74) is 6.08. The van der Waals surface area contributed by atoms with E-state index in [1.165, 1.54) is 36.0 Å². The summed E-state index contributed by atoms with van der Waals surface area (Å²) >= 11 is 0. The van der Waals surface area contributed by atoms with Crippen molar-refractivity contribution in [3.63, 3.8) is 0 Å². The molecule has 4 aliphatic carbocycles. The highest BCUT2D eigenvalue weighted by molar-refractivity contribution is 5.82. The van der Waals surface area contributed by atoms with Gasteiger partial charge in [0.25, 0.3) is 0 Å². The number of benzene rings is 3. The van der Waals surface area contributed by atoms with Crippen molar-refractivity contribution in [3.05, 3.63) is 96.1 Å². The number of fused-ring (bicyclic) bond motifs is 10. The molecule has 2 fully saturated rings. The van der Waals surface area contributed by atoms with Crippen molar-refractivity contribution in [2.75, 3.05) is 0 Å². The van der Waals surface area contributed by atoms with Crippen molar-refractivity contribution in [1.82, 2.24) is 0 Å². The summed E-state index contributed by atoms with van der Waals surface area (Å²) in [5, 5.41) is 0. The van der Waals surface area contributed by atoms with Gasteiger partial charge in [-0.1, -0.05) is 60.7 Å². The van der Waals surface area contributed by atoms with E-state index >= 15 is 0 Å². The first kappa shape index (κ1) is 16.0. The lowest BCUT2D eigenvalue weighted by Gasteiger charge is -2.29. The van der Waals surface area contributed by atoms with Gasteiger partial charge in [0, 0.05) is 5.41 Å². The zero-order valence-electron chi connectivity index (χ0n) is 16.4. The first-order valence-corrected chi connectivity index (χ1v) is 11.0. The molecule has 1 nitrogen and oxygen atoms in total. The predicted molar refractivity (Wildman–Crippen MR) is 116 cm³/mol. The number of ether oxygens (including phenoxy) is 1. The summed E-state index contributed by atoms with van der Waals surface area (Å²) in [4.78, 5) is 0. The zero-order valence-corrected chi connectivity index (χ0v) is 16.4. The van der Waals surface area contributed by atoms with Crippen LogP contribution < -0.4 is 4.74 Å². The molecule has 0 aliphatic heterocycles.